The first kappa shape index (κ1) is 18.9. The molecule has 0 heterocycles. The Morgan fingerprint density at radius 3 is 2.11 bits per heavy atom. The number of carbonyl (C=O) groups excluding carboxylic acids is 2. The molecule has 0 radical (unpaired) electrons. The Labute approximate surface area is 166 Å². The van der Waals surface area contributed by atoms with Crippen molar-refractivity contribution in [1.29, 1.82) is 0 Å². The average molecular weight is 397 g/mol. The molecule has 134 valence electrons. The minimum atomic E-state index is -0.494. The maximum Gasteiger partial charge on any atom is 0.343 e. The van der Waals surface area contributed by atoms with Crippen LogP contribution < -0.4 is 4.74 Å². The van der Waals surface area contributed by atoms with Crippen LogP contribution in [0, 0.1) is 0 Å². The number of halogens is 2. The lowest BCUT2D eigenvalue weighted by Crippen LogP contribution is -2.08. The van der Waals surface area contributed by atoms with Crippen molar-refractivity contribution in [2.75, 3.05) is 0 Å². The van der Waals surface area contributed by atoms with Gasteiger partial charge in [-0.05, 0) is 72.3 Å². The van der Waals surface area contributed by atoms with Crippen LogP contribution >= 0.6 is 23.2 Å². The highest BCUT2D eigenvalue weighted by atomic mass is 35.5. The van der Waals surface area contributed by atoms with Crippen molar-refractivity contribution < 1.29 is 14.3 Å². The third-order valence-corrected chi connectivity index (χ3v) is 4.19. The van der Waals surface area contributed by atoms with Gasteiger partial charge < -0.3 is 4.74 Å². The van der Waals surface area contributed by atoms with Gasteiger partial charge in [0.25, 0.3) is 0 Å². The van der Waals surface area contributed by atoms with Crippen LogP contribution in [0.4, 0.5) is 0 Å². The Balaban J connectivity index is 1.65. The average Bonchev–Trinajstić information content (AvgIpc) is 2.67. The fourth-order valence-corrected chi connectivity index (χ4v) is 2.64. The number of ketones is 1. The molecule has 0 fully saturated rings. The zero-order valence-corrected chi connectivity index (χ0v) is 15.6. The molecule has 0 saturated carbocycles. The summed E-state index contributed by atoms with van der Waals surface area (Å²) in [5.41, 5.74) is 1.72. The molecule has 0 aromatic heterocycles. The minimum absolute atomic E-state index is 0.162. The molecular weight excluding hydrogens is 383 g/mol. The van der Waals surface area contributed by atoms with E-state index >= 15 is 0 Å². The van der Waals surface area contributed by atoms with Gasteiger partial charge >= 0.3 is 5.97 Å². The molecule has 0 amide bonds. The van der Waals surface area contributed by atoms with E-state index in [2.05, 4.69) is 0 Å². The van der Waals surface area contributed by atoms with E-state index < -0.39 is 5.97 Å². The SMILES string of the molecule is O=C(/C=C/c1cccc(Cl)c1)c1ccc(OC(=O)c2ccc(Cl)cc2)cc1. The fourth-order valence-electron chi connectivity index (χ4n) is 2.32. The normalized spacial score (nSPS) is 10.7. The summed E-state index contributed by atoms with van der Waals surface area (Å²) in [7, 11) is 0. The maximum atomic E-state index is 12.2. The van der Waals surface area contributed by atoms with Crippen molar-refractivity contribution in [3.05, 3.63) is 106 Å². The molecule has 0 spiro atoms. The molecule has 3 aromatic carbocycles. The molecular formula is C22H14Cl2O3. The van der Waals surface area contributed by atoms with Crippen molar-refractivity contribution in [3.8, 4) is 5.75 Å². The molecule has 3 aromatic rings. The van der Waals surface area contributed by atoms with Gasteiger partial charge in [0, 0.05) is 15.6 Å². The van der Waals surface area contributed by atoms with Crippen LogP contribution in [-0.2, 0) is 0 Å². The zero-order chi connectivity index (χ0) is 19.2. The zero-order valence-electron chi connectivity index (χ0n) is 14.1. The molecule has 0 unspecified atom stereocenters. The second-order valence-electron chi connectivity index (χ2n) is 5.67. The van der Waals surface area contributed by atoms with Crippen LogP contribution in [0.1, 0.15) is 26.3 Å². The maximum absolute atomic E-state index is 12.2. The van der Waals surface area contributed by atoms with Gasteiger partial charge in [-0.15, -0.1) is 0 Å². The standard InChI is InChI=1S/C22H14Cl2O3/c23-18-9-5-17(6-10-18)22(26)27-20-11-7-16(8-12-20)21(25)13-4-15-2-1-3-19(24)14-15/h1-14H/b13-4+. The lowest BCUT2D eigenvalue weighted by Gasteiger charge is -2.05. The molecule has 3 nitrogen and oxygen atoms in total. The first-order chi connectivity index (χ1) is 13.0. The Morgan fingerprint density at radius 1 is 0.778 bits per heavy atom. The smallest absolute Gasteiger partial charge is 0.343 e. The second-order valence-corrected chi connectivity index (χ2v) is 6.55. The van der Waals surface area contributed by atoms with E-state index in [0.29, 0.717) is 26.9 Å². The van der Waals surface area contributed by atoms with Gasteiger partial charge in [-0.3, -0.25) is 4.79 Å². The fraction of sp³-hybridized carbons (Fsp3) is 0. The summed E-state index contributed by atoms with van der Waals surface area (Å²) >= 11 is 11.7. The highest BCUT2D eigenvalue weighted by Gasteiger charge is 2.09. The highest BCUT2D eigenvalue weighted by Crippen LogP contribution is 2.17. The van der Waals surface area contributed by atoms with E-state index in [0.717, 1.165) is 5.56 Å². The minimum Gasteiger partial charge on any atom is -0.423 e. The van der Waals surface area contributed by atoms with Crippen molar-refractivity contribution in [2.45, 2.75) is 0 Å². The number of benzene rings is 3. The number of allylic oxidation sites excluding steroid dienone is 1. The molecule has 0 aliphatic carbocycles. The molecule has 0 bridgehead atoms. The first-order valence-electron chi connectivity index (χ1n) is 8.07. The highest BCUT2D eigenvalue weighted by molar-refractivity contribution is 6.31. The third-order valence-electron chi connectivity index (χ3n) is 3.71. The summed E-state index contributed by atoms with van der Waals surface area (Å²) in [6.45, 7) is 0. The summed E-state index contributed by atoms with van der Waals surface area (Å²) in [6, 6.07) is 20.0. The third kappa shape index (κ3) is 5.30. The van der Waals surface area contributed by atoms with Gasteiger partial charge in [0.05, 0.1) is 5.56 Å². The van der Waals surface area contributed by atoms with E-state index in [9.17, 15) is 9.59 Å². The number of hydrogen-bond donors (Lipinski definition) is 0. The number of esters is 1. The molecule has 5 heteroatoms. The Hall–Kier alpha value is -2.88. The van der Waals surface area contributed by atoms with Crippen LogP contribution in [0.5, 0.6) is 5.75 Å². The van der Waals surface area contributed by atoms with Gasteiger partial charge in [0.15, 0.2) is 5.78 Å². The summed E-state index contributed by atoms with van der Waals surface area (Å²) in [5.74, 6) is -0.303. The molecule has 0 saturated heterocycles. The number of ether oxygens (including phenoxy) is 1. The summed E-state index contributed by atoms with van der Waals surface area (Å²) in [5, 5.41) is 1.15. The molecule has 3 rings (SSSR count). The number of carbonyl (C=O) groups is 2. The Bertz CT molecular complexity index is 991. The molecule has 0 aliphatic rings. The predicted octanol–water partition coefficient (Wildman–Crippen LogP) is 6.11. The van der Waals surface area contributed by atoms with E-state index in [-0.39, 0.29) is 5.78 Å². The summed E-state index contributed by atoms with van der Waals surface area (Å²) in [6.07, 6.45) is 3.17. The monoisotopic (exact) mass is 396 g/mol. The van der Waals surface area contributed by atoms with Gasteiger partial charge in [-0.2, -0.15) is 0 Å². The predicted molar refractivity (Wildman–Crippen MR) is 108 cm³/mol. The molecule has 0 aliphatic heterocycles. The van der Waals surface area contributed by atoms with E-state index in [1.807, 2.05) is 12.1 Å². The van der Waals surface area contributed by atoms with E-state index in [1.54, 1.807) is 66.7 Å². The first-order valence-corrected chi connectivity index (χ1v) is 8.83. The molecule has 0 atom stereocenters. The van der Waals surface area contributed by atoms with E-state index in [4.69, 9.17) is 27.9 Å². The van der Waals surface area contributed by atoms with Crippen LogP contribution in [0.2, 0.25) is 10.0 Å². The quantitative estimate of drug-likeness (QED) is 0.226. The van der Waals surface area contributed by atoms with Gasteiger partial charge in [-0.1, -0.05) is 41.4 Å². The lowest BCUT2D eigenvalue weighted by atomic mass is 10.1. The van der Waals surface area contributed by atoms with Gasteiger partial charge in [0.2, 0.25) is 0 Å². The van der Waals surface area contributed by atoms with Crippen molar-refractivity contribution in [1.82, 2.24) is 0 Å². The van der Waals surface area contributed by atoms with Crippen molar-refractivity contribution in [3.63, 3.8) is 0 Å². The molecule has 0 N–H and O–H groups in total. The van der Waals surface area contributed by atoms with Crippen LogP contribution in [0.25, 0.3) is 6.08 Å². The number of hydrogen-bond acceptors (Lipinski definition) is 3. The van der Waals surface area contributed by atoms with Crippen LogP contribution in [0.3, 0.4) is 0 Å². The van der Waals surface area contributed by atoms with E-state index in [1.165, 1.54) is 6.08 Å². The number of rotatable bonds is 5. The largest absolute Gasteiger partial charge is 0.423 e. The summed E-state index contributed by atoms with van der Waals surface area (Å²) in [4.78, 5) is 24.3. The van der Waals surface area contributed by atoms with Crippen molar-refractivity contribution >= 4 is 41.0 Å². The summed E-state index contributed by atoms with van der Waals surface area (Å²) < 4.78 is 5.29. The Morgan fingerprint density at radius 2 is 1.44 bits per heavy atom. The van der Waals surface area contributed by atoms with Gasteiger partial charge in [0.1, 0.15) is 5.75 Å². The van der Waals surface area contributed by atoms with Gasteiger partial charge in [-0.25, -0.2) is 4.79 Å². The van der Waals surface area contributed by atoms with Crippen LogP contribution in [0.15, 0.2) is 78.9 Å². The lowest BCUT2D eigenvalue weighted by molar-refractivity contribution is 0.0734. The topological polar surface area (TPSA) is 43.4 Å². The van der Waals surface area contributed by atoms with Crippen molar-refractivity contribution in [2.24, 2.45) is 0 Å². The second kappa shape index (κ2) is 8.67. The van der Waals surface area contributed by atoms with Crippen LogP contribution in [-0.4, -0.2) is 11.8 Å². The Kier molecular flexibility index (Phi) is 6.07. The molecule has 27 heavy (non-hydrogen) atoms.